The first kappa shape index (κ1) is 18.3. The molecule has 2 atom stereocenters. The highest BCUT2D eigenvalue weighted by molar-refractivity contribution is 6.33. The number of halogens is 1. The second-order valence-electron chi connectivity index (χ2n) is 8.09. The Morgan fingerprint density at radius 2 is 1.13 bits per heavy atom. The van der Waals surface area contributed by atoms with E-state index in [4.69, 9.17) is 16.4 Å². The van der Waals surface area contributed by atoms with Gasteiger partial charge in [0.1, 0.15) is 0 Å². The van der Waals surface area contributed by atoms with Gasteiger partial charge in [-0.05, 0) is 34.4 Å². The van der Waals surface area contributed by atoms with Crippen LogP contribution in [0.3, 0.4) is 0 Å². The number of benzene rings is 3. The molecule has 3 aliphatic carbocycles. The highest BCUT2D eigenvalue weighted by Crippen LogP contribution is 2.60. The van der Waals surface area contributed by atoms with Crippen molar-refractivity contribution in [3.8, 4) is 0 Å². The van der Waals surface area contributed by atoms with Gasteiger partial charge in [0.2, 0.25) is 0 Å². The van der Waals surface area contributed by atoms with Gasteiger partial charge in [0.15, 0.2) is 0 Å². The Morgan fingerprint density at radius 1 is 0.710 bits per heavy atom. The predicted octanol–water partition coefficient (Wildman–Crippen LogP) is 4.30. The molecule has 1 aliphatic heterocycles. The fourth-order valence-electron chi connectivity index (χ4n) is 5.50. The van der Waals surface area contributed by atoms with Crippen LogP contribution >= 0.6 is 11.6 Å². The van der Waals surface area contributed by atoms with Crippen molar-refractivity contribution in [3.63, 3.8) is 0 Å². The maximum absolute atomic E-state index is 13.4. The van der Waals surface area contributed by atoms with Gasteiger partial charge in [0.25, 0.3) is 11.8 Å². The molecule has 6 heteroatoms. The Labute approximate surface area is 183 Å². The van der Waals surface area contributed by atoms with Crippen molar-refractivity contribution in [1.29, 1.82) is 0 Å². The molecule has 3 aromatic carbocycles. The number of carbonyl (C=O) groups is 3. The van der Waals surface area contributed by atoms with Crippen molar-refractivity contribution in [2.24, 2.45) is 11.8 Å². The smallest absolute Gasteiger partial charge is 0.325 e. The summed E-state index contributed by atoms with van der Waals surface area (Å²) < 4.78 is 0. The van der Waals surface area contributed by atoms with E-state index in [1.807, 2.05) is 48.5 Å². The molecule has 0 aromatic heterocycles. The summed E-state index contributed by atoms with van der Waals surface area (Å²) in [5, 5.41) is 0.863. The third kappa shape index (κ3) is 2.41. The fourth-order valence-corrected chi connectivity index (χ4v) is 5.71. The minimum Gasteiger partial charge on any atom is -0.325 e. The molecule has 3 aromatic rings. The summed E-state index contributed by atoms with van der Waals surface area (Å²) in [6, 6.07) is 22.3. The summed E-state index contributed by atoms with van der Waals surface area (Å²) in [5.41, 5.74) is 4.36. The standard InChI is InChI=1S/C25H16ClNO4/c26-18-12-6-5-11-17(18)25(30)31-27-23(28)21-19-13-7-1-2-8-14(13)20(22(21)24(27)29)16-10-4-3-9-15(16)19/h1-12,19-22H/t19?,20?,21-,22-/m0/s1. The quantitative estimate of drug-likeness (QED) is 0.570. The van der Waals surface area contributed by atoms with Crippen LogP contribution in [0, 0.1) is 11.8 Å². The fraction of sp³-hybridized carbons (Fsp3) is 0.160. The average Bonchev–Trinajstić information content (AvgIpc) is 3.05. The van der Waals surface area contributed by atoms with E-state index in [-0.39, 0.29) is 22.4 Å². The first-order valence-electron chi connectivity index (χ1n) is 10.1. The van der Waals surface area contributed by atoms with Crippen LogP contribution in [0.25, 0.3) is 0 Å². The SMILES string of the molecule is O=C(ON1C(=O)[C@H]2C3c4ccccc4C(c4ccccc43)[C@@H]2C1=O)c1ccccc1Cl. The van der Waals surface area contributed by atoms with E-state index in [1.165, 1.54) is 6.07 Å². The number of amides is 2. The number of hydroxylamine groups is 2. The average molecular weight is 430 g/mol. The van der Waals surface area contributed by atoms with E-state index in [9.17, 15) is 14.4 Å². The van der Waals surface area contributed by atoms with Gasteiger partial charge in [-0.15, -0.1) is 5.06 Å². The zero-order valence-electron chi connectivity index (χ0n) is 16.2. The Morgan fingerprint density at radius 3 is 1.58 bits per heavy atom. The van der Waals surface area contributed by atoms with E-state index >= 15 is 0 Å². The maximum Gasteiger partial charge on any atom is 0.365 e. The Kier molecular flexibility index (Phi) is 3.86. The molecule has 0 N–H and O–H groups in total. The third-order valence-corrected chi connectivity index (χ3v) is 7.01. The molecule has 2 bridgehead atoms. The van der Waals surface area contributed by atoms with Crippen molar-refractivity contribution in [1.82, 2.24) is 5.06 Å². The second kappa shape index (κ2) is 6.53. The first-order chi connectivity index (χ1) is 15.1. The topological polar surface area (TPSA) is 63.7 Å². The molecule has 0 unspecified atom stereocenters. The van der Waals surface area contributed by atoms with Gasteiger partial charge in [-0.1, -0.05) is 72.3 Å². The zero-order chi connectivity index (χ0) is 21.3. The van der Waals surface area contributed by atoms with Gasteiger partial charge in [-0.2, -0.15) is 0 Å². The van der Waals surface area contributed by atoms with Gasteiger partial charge >= 0.3 is 5.97 Å². The number of hydrogen-bond acceptors (Lipinski definition) is 4. The largest absolute Gasteiger partial charge is 0.365 e. The summed E-state index contributed by atoms with van der Waals surface area (Å²) in [5.74, 6) is -3.47. The zero-order valence-corrected chi connectivity index (χ0v) is 17.0. The van der Waals surface area contributed by atoms with Gasteiger partial charge < -0.3 is 4.84 Å². The summed E-state index contributed by atoms with van der Waals surface area (Å²) in [4.78, 5) is 44.8. The van der Waals surface area contributed by atoms with Crippen LogP contribution in [0.4, 0.5) is 0 Å². The lowest BCUT2D eigenvalue weighted by Crippen LogP contribution is -2.41. The highest BCUT2D eigenvalue weighted by atomic mass is 35.5. The molecule has 7 rings (SSSR count). The van der Waals surface area contributed by atoms with Gasteiger partial charge in [-0.25, -0.2) is 4.79 Å². The Balaban J connectivity index is 1.43. The van der Waals surface area contributed by atoms with Gasteiger partial charge in [0.05, 0.1) is 22.4 Å². The van der Waals surface area contributed by atoms with Crippen molar-refractivity contribution >= 4 is 29.4 Å². The van der Waals surface area contributed by atoms with E-state index in [1.54, 1.807) is 18.2 Å². The molecule has 152 valence electrons. The van der Waals surface area contributed by atoms with Crippen LogP contribution < -0.4 is 0 Å². The second-order valence-corrected chi connectivity index (χ2v) is 8.50. The lowest BCUT2D eigenvalue weighted by atomic mass is 9.55. The molecule has 1 saturated heterocycles. The number of imide groups is 1. The van der Waals surface area contributed by atoms with Gasteiger partial charge in [0, 0.05) is 11.8 Å². The molecule has 5 nitrogen and oxygen atoms in total. The van der Waals surface area contributed by atoms with E-state index in [2.05, 4.69) is 0 Å². The van der Waals surface area contributed by atoms with Crippen molar-refractivity contribution in [3.05, 3.63) is 106 Å². The predicted molar refractivity (Wildman–Crippen MR) is 112 cm³/mol. The summed E-state index contributed by atoms with van der Waals surface area (Å²) in [6.45, 7) is 0. The van der Waals surface area contributed by atoms with Crippen LogP contribution in [0.5, 0.6) is 0 Å². The summed E-state index contributed by atoms with van der Waals surface area (Å²) >= 11 is 6.09. The Bertz CT molecular complexity index is 1170. The molecule has 31 heavy (non-hydrogen) atoms. The van der Waals surface area contributed by atoms with Crippen LogP contribution in [0.15, 0.2) is 72.8 Å². The number of rotatable bonds is 2. The third-order valence-electron chi connectivity index (χ3n) is 6.68. The van der Waals surface area contributed by atoms with E-state index in [0.29, 0.717) is 5.06 Å². The van der Waals surface area contributed by atoms with Crippen LogP contribution in [0.1, 0.15) is 44.4 Å². The molecule has 0 saturated carbocycles. The number of carbonyl (C=O) groups excluding carboxylic acids is 3. The lowest BCUT2D eigenvalue weighted by Gasteiger charge is -2.45. The summed E-state index contributed by atoms with van der Waals surface area (Å²) in [7, 11) is 0. The lowest BCUT2D eigenvalue weighted by molar-refractivity contribution is -0.174. The maximum atomic E-state index is 13.4. The molecule has 1 fully saturated rings. The molecule has 0 radical (unpaired) electrons. The number of hydrogen-bond donors (Lipinski definition) is 0. The van der Waals surface area contributed by atoms with Crippen LogP contribution in [-0.4, -0.2) is 22.8 Å². The van der Waals surface area contributed by atoms with E-state index < -0.39 is 29.6 Å². The molecule has 1 heterocycles. The number of nitrogens with zero attached hydrogens (tertiary/aromatic N) is 1. The first-order valence-corrected chi connectivity index (χ1v) is 10.5. The minimum atomic E-state index is -0.826. The van der Waals surface area contributed by atoms with Gasteiger partial charge in [-0.3, -0.25) is 9.59 Å². The van der Waals surface area contributed by atoms with Crippen molar-refractivity contribution in [2.45, 2.75) is 11.8 Å². The molecule has 4 aliphatic rings. The van der Waals surface area contributed by atoms with E-state index in [0.717, 1.165) is 22.3 Å². The van der Waals surface area contributed by atoms with Crippen LogP contribution in [0.2, 0.25) is 5.02 Å². The molecular weight excluding hydrogens is 414 g/mol. The molecular formula is C25H16ClNO4. The molecule has 0 spiro atoms. The van der Waals surface area contributed by atoms with Crippen molar-refractivity contribution in [2.75, 3.05) is 0 Å². The Hall–Kier alpha value is -3.44. The molecule has 2 amide bonds. The summed E-state index contributed by atoms with van der Waals surface area (Å²) in [6.07, 6.45) is 0. The monoisotopic (exact) mass is 429 g/mol. The highest BCUT2D eigenvalue weighted by Gasteiger charge is 2.62. The van der Waals surface area contributed by atoms with Crippen LogP contribution in [-0.2, 0) is 14.4 Å². The van der Waals surface area contributed by atoms with Crippen molar-refractivity contribution < 1.29 is 19.2 Å². The normalized spacial score (nSPS) is 25.1. The minimum absolute atomic E-state index is 0.106.